The number of hydrogen-bond donors (Lipinski definition) is 1. The molecule has 1 unspecified atom stereocenters. The highest BCUT2D eigenvalue weighted by Gasteiger charge is 2.18. The van der Waals surface area contributed by atoms with Crippen molar-refractivity contribution in [1.29, 1.82) is 0 Å². The minimum atomic E-state index is -3.41. The van der Waals surface area contributed by atoms with Gasteiger partial charge in [0.05, 0.1) is 12.7 Å². The van der Waals surface area contributed by atoms with Gasteiger partial charge in [0.25, 0.3) is 10.0 Å². The third-order valence-electron chi connectivity index (χ3n) is 2.91. The van der Waals surface area contributed by atoms with E-state index < -0.39 is 10.0 Å². The SMILES string of the molecule is O=S(=O)(NCCCOCC1CCCO1)c1sccc1Br. The van der Waals surface area contributed by atoms with Crippen LogP contribution in [0.25, 0.3) is 0 Å². The molecular weight excluding hydrogens is 366 g/mol. The Balaban J connectivity index is 1.62. The quantitative estimate of drug-likeness (QED) is 0.699. The van der Waals surface area contributed by atoms with Gasteiger partial charge < -0.3 is 9.47 Å². The van der Waals surface area contributed by atoms with Crippen molar-refractivity contribution < 1.29 is 17.9 Å². The zero-order chi connectivity index (χ0) is 14.4. The molecule has 1 aliphatic rings. The summed E-state index contributed by atoms with van der Waals surface area (Å²) in [4.78, 5) is 0. The molecule has 1 aromatic heterocycles. The number of ether oxygens (including phenoxy) is 2. The molecule has 1 fully saturated rings. The van der Waals surface area contributed by atoms with Crippen LogP contribution in [0.2, 0.25) is 0 Å². The molecule has 20 heavy (non-hydrogen) atoms. The van der Waals surface area contributed by atoms with Crippen LogP contribution >= 0.6 is 27.3 Å². The summed E-state index contributed by atoms with van der Waals surface area (Å²) in [6.45, 7) is 2.33. The smallest absolute Gasteiger partial charge is 0.251 e. The van der Waals surface area contributed by atoms with Crippen LogP contribution in [0.15, 0.2) is 20.1 Å². The molecule has 114 valence electrons. The minimum absolute atomic E-state index is 0.216. The van der Waals surface area contributed by atoms with Gasteiger partial charge in [-0.25, -0.2) is 13.1 Å². The van der Waals surface area contributed by atoms with Gasteiger partial charge in [0.1, 0.15) is 4.21 Å². The Bertz CT molecular complexity index is 511. The van der Waals surface area contributed by atoms with Gasteiger partial charge >= 0.3 is 0 Å². The van der Waals surface area contributed by atoms with E-state index in [9.17, 15) is 8.42 Å². The summed E-state index contributed by atoms with van der Waals surface area (Å²) in [5.74, 6) is 0. The summed E-state index contributed by atoms with van der Waals surface area (Å²) < 4.78 is 38.3. The highest BCUT2D eigenvalue weighted by Crippen LogP contribution is 2.27. The molecule has 2 rings (SSSR count). The number of halogens is 1. The molecule has 2 heterocycles. The van der Waals surface area contributed by atoms with E-state index >= 15 is 0 Å². The summed E-state index contributed by atoms with van der Waals surface area (Å²) in [7, 11) is -3.41. The molecule has 1 saturated heterocycles. The first-order valence-electron chi connectivity index (χ1n) is 6.51. The zero-order valence-corrected chi connectivity index (χ0v) is 14.2. The second kappa shape index (κ2) is 7.86. The maximum atomic E-state index is 12.0. The van der Waals surface area contributed by atoms with Gasteiger partial charge in [0.2, 0.25) is 0 Å². The van der Waals surface area contributed by atoms with Gasteiger partial charge in [0.15, 0.2) is 0 Å². The Morgan fingerprint density at radius 3 is 3.05 bits per heavy atom. The number of rotatable bonds is 8. The van der Waals surface area contributed by atoms with Gasteiger partial charge in [-0.15, -0.1) is 11.3 Å². The van der Waals surface area contributed by atoms with Crippen LogP contribution in [-0.4, -0.2) is 40.9 Å². The standard InChI is InChI=1S/C12H18BrNO4S2/c13-11-4-8-19-12(11)20(15,16)14-5-2-6-17-9-10-3-1-7-18-10/h4,8,10,14H,1-3,5-7,9H2. The van der Waals surface area contributed by atoms with Gasteiger partial charge in [-0.05, 0) is 46.6 Å². The highest BCUT2D eigenvalue weighted by atomic mass is 79.9. The molecule has 0 aliphatic carbocycles. The summed E-state index contributed by atoms with van der Waals surface area (Å²) in [5.41, 5.74) is 0. The molecule has 0 bridgehead atoms. The van der Waals surface area contributed by atoms with Crippen LogP contribution in [0.3, 0.4) is 0 Å². The van der Waals surface area contributed by atoms with E-state index in [1.54, 1.807) is 11.4 Å². The first-order valence-corrected chi connectivity index (χ1v) is 9.67. The Morgan fingerprint density at radius 1 is 1.55 bits per heavy atom. The van der Waals surface area contributed by atoms with Gasteiger partial charge in [-0.2, -0.15) is 0 Å². The second-order valence-corrected chi connectivity index (χ2v) is 8.25. The van der Waals surface area contributed by atoms with Gasteiger partial charge in [-0.1, -0.05) is 0 Å². The lowest BCUT2D eigenvalue weighted by Gasteiger charge is -2.10. The van der Waals surface area contributed by atoms with Crippen LogP contribution in [0.4, 0.5) is 0 Å². The molecule has 0 saturated carbocycles. The molecule has 1 aliphatic heterocycles. The summed E-state index contributed by atoms with van der Waals surface area (Å²) in [5, 5.41) is 1.74. The van der Waals surface area contributed by atoms with E-state index in [4.69, 9.17) is 9.47 Å². The van der Waals surface area contributed by atoms with Crippen molar-refractivity contribution in [3.05, 3.63) is 15.9 Å². The largest absolute Gasteiger partial charge is 0.379 e. The normalized spacial score (nSPS) is 19.6. The van der Waals surface area contributed by atoms with Gasteiger partial charge in [0, 0.05) is 24.2 Å². The number of thiophene rings is 1. The average molecular weight is 384 g/mol. The molecule has 1 aromatic rings. The number of hydrogen-bond acceptors (Lipinski definition) is 5. The fourth-order valence-electron chi connectivity index (χ4n) is 1.91. The summed E-state index contributed by atoms with van der Waals surface area (Å²) in [6.07, 6.45) is 3.02. The predicted molar refractivity (Wildman–Crippen MR) is 81.6 cm³/mol. The first kappa shape index (κ1) is 16.4. The van der Waals surface area contributed by atoms with Crippen molar-refractivity contribution in [2.75, 3.05) is 26.4 Å². The van der Waals surface area contributed by atoms with Crippen LogP contribution in [0.1, 0.15) is 19.3 Å². The predicted octanol–water partition coefficient (Wildman–Crippen LogP) is 2.37. The third kappa shape index (κ3) is 4.78. The van der Waals surface area contributed by atoms with Crippen molar-refractivity contribution in [2.24, 2.45) is 0 Å². The monoisotopic (exact) mass is 383 g/mol. The van der Waals surface area contributed by atoms with E-state index in [1.807, 2.05) is 0 Å². The van der Waals surface area contributed by atoms with E-state index in [0.29, 0.717) is 34.9 Å². The number of sulfonamides is 1. The van der Waals surface area contributed by atoms with Crippen LogP contribution < -0.4 is 4.72 Å². The average Bonchev–Trinajstić information content (AvgIpc) is 3.04. The lowest BCUT2D eigenvalue weighted by Crippen LogP contribution is -2.25. The molecule has 1 atom stereocenters. The van der Waals surface area contributed by atoms with Crippen molar-refractivity contribution in [3.8, 4) is 0 Å². The molecule has 0 aromatic carbocycles. The van der Waals surface area contributed by atoms with E-state index in [-0.39, 0.29) is 6.10 Å². The minimum Gasteiger partial charge on any atom is -0.379 e. The van der Waals surface area contributed by atoms with Crippen LogP contribution in [0, 0.1) is 0 Å². The molecule has 0 radical (unpaired) electrons. The summed E-state index contributed by atoms with van der Waals surface area (Å²) >= 11 is 4.42. The van der Waals surface area contributed by atoms with Crippen molar-refractivity contribution in [3.63, 3.8) is 0 Å². The second-order valence-electron chi connectivity index (χ2n) is 4.52. The highest BCUT2D eigenvalue weighted by molar-refractivity contribution is 9.10. The Kier molecular flexibility index (Phi) is 6.44. The maximum Gasteiger partial charge on any atom is 0.251 e. The van der Waals surface area contributed by atoms with Crippen LogP contribution in [0.5, 0.6) is 0 Å². The fourth-order valence-corrected chi connectivity index (χ4v) is 5.36. The van der Waals surface area contributed by atoms with E-state index in [0.717, 1.165) is 19.4 Å². The molecule has 0 amide bonds. The van der Waals surface area contributed by atoms with Crippen molar-refractivity contribution in [2.45, 2.75) is 29.6 Å². The lowest BCUT2D eigenvalue weighted by atomic mass is 10.2. The zero-order valence-electron chi connectivity index (χ0n) is 11.0. The Labute approximate surface area is 131 Å². The first-order chi connectivity index (χ1) is 9.59. The Morgan fingerprint density at radius 2 is 2.40 bits per heavy atom. The van der Waals surface area contributed by atoms with E-state index in [1.165, 1.54) is 11.3 Å². The Hall–Kier alpha value is 0.01000. The third-order valence-corrected chi connectivity index (χ3v) is 7.04. The van der Waals surface area contributed by atoms with Crippen LogP contribution in [-0.2, 0) is 19.5 Å². The van der Waals surface area contributed by atoms with Crippen molar-refractivity contribution >= 4 is 37.3 Å². The maximum absolute atomic E-state index is 12.0. The number of nitrogens with one attached hydrogen (secondary N) is 1. The molecular formula is C12H18BrNO4S2. The fraction of sp³-hybridized carbons (Fsp3) is 0.667. The molecule has 0 spiro atoms. The topological polar surface area (TPSA) is 64.6 Å². The molecule has 8 heteroatoms. The molecule has 1 N–H and O–H groups in total. The lowest BCUT2D eigenvalue weighted by molar-refractivity contribution is 0.0169. The van der Waals surface area contributed by atoms with Crippen molar-refractivity contribution in [1.82, 2.24) is 4.72 Å². The molecule has 5 nitrogen and oxygen atoms in total. The van der Waals surface area contributed by atoms with E-state index in [2.05, 4.69) is 20.7 Å². The van der Waals surface area contributed by atoms with Gasteiger partial charge in [-0.3, -0.25) is 0 Å². The summed E-state index contributed by atoms with van der Waals surface area (Å²) in [6, 6.07) is 1.73.